The Morgan fingerprint density at radius 1 is 1.13 bits per heavy atom. The minimum absolute atomic E-state index is 0.168. The fourth-order valence-electron chi connectivity index (χ4n) is 2.70. The van der Waals surface area contributed by atoms with Crippen LogP contribution in [0.25, 0.3) is 0 Å². The Kier molecular flexibility index (Phi) is 8.94. The van der Waals surface area contributed by atoms with Gasteiger partial charge in [-0.2, -0.15) is 11.8 Å². The monoisotopic (exact) mass is 422 g/mol. The number of nitrogens with zero attached hydrogens (tertiary/aromatic N) is 3. The average molecular weight is 423 g/mol. The lowest BCUT2D eigenvalue weighted by atomic mass is 10.2. The lowest BCUT2D eigenvalue weighted by molar-refractivity contribution is 0.0975. The summed E-state index contributed by atoms with van der Waals surface area (Å²) in [5, 5.41) is 6.15. The van der Waals surface area contributed by atoms with Gasteiger partial charge in [0.15, 0.2) is 5.96 Å². The summed E-state index contributed by atoms with van der Waals surface area (Å²) in [7, 11) is 0. The smallest absolute Gasteiger partial charge is 0.257 e. The number of imidazole rings is 1. The van der Waals surface area contributed by atoms with Gasteiger partial charge in [-0.3, -0.25) is 20.1 Å². The number of guanidine groups is 1. The summed E-state index contributed by atoms with van der Waals surface area (Å²) in [4.78, 5) is 28.3. The molecule has 0 saturated heterocycles. The minimum Gasteiger partial charge on any atom is -0.356 e. The first-order valence-corrected chi connectivity index (χ1v) is 11.1. The van der Waals surface area contributed by atoms with E-state index in [1.807, 2.05) is 36.5 Å². The Morgan fingerprint density at radius 3 is 2.73 bits per heavy atom. The standard InChI is InChI=1S/C22H26N6OS/c29-21(19-5-2-1-3-6-19)28-22(25-10-4-7-20-15-24-17-27-20)26-13-14-30-16-18-8-11-23-12-9-18/h1-3,5-6,8-9,11-12,15,17H,4,7,10,13-14,16H2,(H,24,27)(H2,25,26,28,29). The molecular weight excluding hydrogens is 396 g/mol. The van der Waals surface area contributed by atoms with Gasteiger partial charge in [0.25, 0.3) is 5.91 Å². The number of benzene rings is 1. The van der Waals surface area contributed by atoms with Crippen LogP contribution in [0.4, 0.5) is 0 Å². The molecule has 156 valence electrons. The highest BCUT2D eigenvalue weighted by Gasteiger charge is 2.08. The zero-order valence-corrected chi connectivity index (χ0v) is 17.6. The Labute approximate surface area is 180 Å². The SMILES string of the molecule is O=C(NC(=NCCSCc1ccncc1)NCCCc1c[nH]cn1)c1ccccc1. The average Bonchev–Trinajstić information content (AvgIpc) is 3.31. The highest BCUT2D eigenvalue weighted by Crippen LogP contribution is 2.10. The van der Waals surface area contributed by atoms with E-state index in [0.29, 0.717) is 24.6 Å². The quantitative estimate of drug-likeness (QED) is 0.265. The third-order valence-corrected chi connectivity index (χ3v) is 5.26. The third kappa shape index (κ3) is 7.71. The molecular formula is C22H26N6OS. The number of H-pyrrole nitrogens is 1. The summed E-state index contributed by atoms with van der Waals surface area (Å²) < 4.78 is 0. The van der Waals surface area contributed by atoms with Gasteiger partial charge in [0.05, 0.1) is 18.6 Å². The van der Waals surface area contributed by atoms with E-state index in [2.05, 4.69) is 30.6 Å². The molecule has 30 heavy (non-hydrogen) atoms. The number of hydrogen-bond acceptors (Lipinski definition) is 5. The summed E-state index contributed by atoms with van der Waals surface area (Å²) in [5.41, 5.74) is 2.87. The molecule has 0 unspecified atom stereocenters. The van der Waals surface area contributed by atoms with Crippen LogP contribution < -0.4 is 10.6 Å². The largest absolute Gasteiger partial charge is 0.356 e. The molecule has 0 atom stereocenters. The summed E-state index contributed by atoms with van der Waals surface area (Å²) in [6, 6.07) is 13.2. The van der Waals surface area contributed by atoms with Gasteiger partial charge in [-0.05, 0) is 42.7 Å². The number of aromatic amines is 1. The summed E-state index contributed by atoms with van der Waals surface area (Å²) in [5.74, 6) is 2.12. The number of aromatic nitrogens is 3. The van der Waals surface area contributed by atoms with Crippen LogP contribution in [0.3, 0.4) is 0 Å². The first-order chi connectivity index (χ1) is 14.8. The minimum atomic E-state index is -0.168. The van der Waals surface area contributed by atoms with Crippen molar-refractivity contribution in [3.05, 3.63) is 84.2 Å². The van der Waals surface area contributed by atoms with Crippen LogP contribution in [0.5, 0.6) is 0 Å². The van der Waals surface area contributed by atoms with E-state index in [-0.39, 0.29) is 5.91 Å². The highest BCUT2D eigenvalue weighted by atomic mass is 32.2. The molecule has 0 aliphatic carbocycles. The van der Waals surface area contributed by atoms with Crippen LogP contribution in [-0.2, 0) is 12.2 Å². The molecule has 3 rings (SSSR count). The normalized spacial score (nSPS) is 11.3. The molecule has 1 amide bonds. The molecule has 0 fully saturated rings. The molecule has 2 heterocycles. The molecule has 0 radical (unpaired) electrons. The predicted molar refractivity (Wildman–Crippen MR) is 122 cm³/mol. The Balaban J connectivity index is 1.48. The molecule has 8 heteroatoms. The van der Waals surface area contributed by atoms with E-state index in [4.69, 9.17) is 0 Å². The molecule has 0 bridgehead atoms. The summed E-state index contributed by atoms with van der Waals surface area (Å²) in [6.07, 6.45) is 8.93. The number of hydrogen-bond donors (Lipinski definition) is 3. The van der Waals surface area contributed by atoms with E-state index >= 15 is 0 Å². The molecule has 1 aromatic carbocycles. The maximum Gasteiger partial charge on any atom is 0.257 e. The van der Waals surface area contributed by atoms with Crippen molar-refractivity contribution in [2.24, 2.45) is 4.99 Å². The van der Waals surface area contributed by atoms with Crippen molar-refractivity contribution < 1.29 is 4.79 Å². The van der Waals surface area contributed by atoms with Gasteiger partial charge in [0, 0.05) is 42.2 Å². The fourth-order valence-corrected chi connectivity index (χ4v) is 3.50. The van der Waals surface area contributed by atoms with Gasteiger partial charge in [-0.15, -0.1) is 0 Å². The van der Waals surface area contributed by atoms with Crippen molar-refractivity contribution >= 4 is 23.6 Å². The fraction of sp³-hybridized carbons (Fsp3) is 0.273. The van der Waals surface area contributed by atoms with Crippen molar-refractivity contribution in [3.63, 3.8) is 0 Å². The maximum absolute atomic E-state index is 12.5. The lowest BCUT2D eigenvalue weighted by Crippen LogP contribution is -2.41. The number of pyridine rings is 1. The topological polar surface area (TPSA) is 95.1 Å². The van der Waals surface area contributed by atoms with Gasteiger partial charge >= 0.3 is 0 Å². The first kappa shape index (κ1) is 21.6. The summed E-state index contributed by atoms with van der Waals surface area (Å²) >= 11 is 1.80. The van der Waals surface area contributed by atoms with Gasteiger partial charge in [-0.1, -0.05) is 18.2 Å². The van der Waals surface area contributed by atoms with Gasteiger partial charge in [-0.25, -0.2) is 4.98 Å². The summed E-state index contributed by atoms with van der Waals surface area (Å²) in [6.45, 7) is 1.32. The Bertz CT molecular complexity index is 900. The number of aryl methyl sites for hydroxylation is 1. The van der Waals surface area contributed by atoms with Crippen molar-refractivity contribution in [2.45, 2.75) is 18.6 Å². The molecule has 0 aliphatic rings. The first-order valence-electron chi connectivity index (χ1n) is 9.90. The van der Waals surface area contributed by atoms with Crippen molar-refractivity contribution in [3.8, 4) is 0 Å². The van der Waals surface area contributed by atoms with Crippen LogP contribution in [-0.4, -0.2) is 45.7 Å². The zero-order valence-electron chi connectivity index (χ0n) is 16.8. The number of aliphatic imine (C=N–C) groups is 1. The number of carbonyl (C=O) groups is 1. The molecule has 3 aromatic rings. The molecule has 3 N–H and O–H groups in total. The third-order valence-electron chi connectivity index (χ3n) is 4.25. The van der Waals surface area contributed by atoms with E-state index in [1.165, 1.54) is 5.56 Å². The number of amides is 1. The van der Waals surface area contributed by atoms with Crippen LogP contribution in [0.15, 0.2) is 72.4 Å². The van der Waals surface area contributed by atoms with E-state index < -0.39 is 0 Å². The van der Waals surface area contributed by atoms with Gasteiger partial charge in [0.2, 0.25) is 0 Å². The van der Waals surface area contributed by atoms with Crippen molar-refractivity contribution in [2.75, 3.05) is 18.8 Å². The molecule has 7 nitrogen and oxygen atoms in total. The number of thioether (sulfide) groups is 1. The second-order valence-corrected chi connectivity index (χ2v) is 7.65. The highest BCUT2D eigenvalue weighted by molar-refractivity contribution is 7.98. The Morgan fingerprint density at radius 2 is 1.97 bits per heavy atom. The Hall–Kier alpha value is -3.13. The van der Waals surface area contributed by atoms with Gasteiger partial charge in [0.1, 0.15) is 0 Å². The van der Waals surface area contributed by atoms with Crippen molar-refractivity contribution in [1.29, 1.82) is 0 Å². The van der Waals surface area contributed by atoms with Crippen molar-refractivity contribution in [1.82, 2.24) is 25.6 Å². The number of nitrogens with one attached hydrogen (secondary N) is 3. The van der Waals surface area contributed by atoms with E-state index in [0.717, 1.165) is 30.0 Å². The molecule has 2 aromatic heterocycles. The lowest BCUT2D eigenvalue weighted by Gasteiger charge is -2.11. The molecule has 0 spiro atoms. The number of rotatable bonds is 10. The van der Waals surface area contributed by atoms with E-state index in [1.54, 1.807) is 42.6 Å². The van der Waals surface area contributed by atoms with Crippen LogP contribution in [0, 0.1) is 0 Å². The second-order valence-electron chi connectivity index (χ2n) is 6.55. The number of carbonyl (C=O) groups excluding carboxylic acids is 1. The van der Waals surface area contributed by atoms with E-state index in [9.17, 15) is 4.79 Å². The van der Waals surface area contributed by atoms with Crippen LogP contribution in [0.2, 0.25) is 0 Å². The second kappa shape index (κ2) is 12.4. The molecule has 0 aliphatic heterocycles. The maximum atomic E-state index is 12.5. The predicted octanol–water partition coefficient (Wildman–Crippen LogP) is 3.05. The van der Waals surface area contributed by atoms with Gasteiger partial charge < -0.3 is 10.3 Å². The van der Waals surface area contributed by atoms with Crippen LogP contribution in [0.1, 0.15) is 28.0 Å². The van der Waals surface area contributed by atoms with Crippen LogP contribution >= 0.6 is 11.8 Å². The molecule has 0 saturated carbocycles. The zero-order chi connectivity index (χ0) is 20.9.